The van der Waals surface area contributed by atoms with Gasteiger partial charge < -0.3 is 9.09 Å². The van der Waals surface area contributed by atoms with Gasteiger partial charge in [-0.1, -0.05) is 46.7 Å². The summed E-state index contributed by atoms with van der Waals surface area (Å²) in [6.07, 6.45) is 3.13. The molecule has 0 saturated carbocycles. The lowest BCUT2D eigenvalue weighted by Crippen LogP contribution is -2.03. The topological polar surface area (TPSA) is 82.5 Å². The maximum atomic E-state index is 4.98. The first-order valence-corrected chi connectivity index (χ1v) is 9.31. The predicted octanol–water partition coefficient (Wildman–Crippen LogP) is 3.76. The number of aryl methyl sites for hydroxylation is 2. The highest BCUT2D eigenvalue weighted by Gasteiger charge is 2.24. The summed E-state index contributed by atoms with van der Waals surface area (Å²) in [6.45, 7) is 4.02. The van der Waals surface area contributed by atoms with Crippen molar-refractivity contribution in [2.24, 2.45) is 7.05 Å². The monoisotopic (exact) mass is 378 g/mol. The average molecular weight is 378 g/mol. The van der Waals surface area contributed by atoms with Crippen molar-refractivity contribution in [1.29, 1.82) is 0 Å². The van der Waals surface area contributed by atoms with E-state index < -0.39 is 0 Å². The first kappa shape index (κ1) is 17.4. The van der Waals surface area contributed by atoms with Crippen LogP contribution in [0.2, 0.25) is 0 Å². The van der Waals surface area contributed by atoms with Gasteiger partial charge in [-0.25, -0.2) is 0 Å². The second-order valence-corrected chi connectivity index (χ2v) is 7.32. The molecular weight excluding hydrogens is 360 g/mol. The molecule has 0 spiro atoms. The van der Waals surface area contributed by atoms with Gasteiger partial charge in [-0.05, 0) is 31.5 Å². The Bertz CT molecular complexity index is 1060. The molecule has 4 rings (SSSR count). The van der Waals surface area contributed by atoms with Crippen molar-refractivity contribution >= 4 is 11.8 Å². The fraction of sp³-hybridized carbons (Fsp3) is 0.211. The first-order chi connectivity index (χ1) is 13.1. The lowest BCUT2D eigenvalue weighted by Gasteiger charge is -2.13. The van der Waals surface area contributed by atoms with Crippen LogP contribution < -0.4 is 0 Å². The molecule has 3 aromatic heterocycles. The molecule has 0 aliphatic rings. The van der Waals surface area contributed by atoms with Gasteiger partial charge in [-0.15, -0.1) is 10.2 Å². The van der Waals surface area contributed by atoms with Crippen LogP contribution in [0.5, 0.6) is 0 Å². The van der Waals surface area contributed by atoms with E-state index in [4.69, 9.17) is 4.52 Å². The van der Waals surface area contributed by atoms with Crippen molar-refractivity contribution in [2.45, 2.75) is 24.3 Å². The lowest BCUT2D eigenvalue weighted by molar-refractivity contribution is 0.411. The molecule has 0 radical (unpaired) electrons. The van der Waals surface area contributed by atoms with Crippen LogP contribution in [0.3, 0.4) is 0 Å². The zero-order chi connectivity index (χ0) is 18.8. The van der Waals surface area contributed by atoms with Crippen LogP contribution in [-0.2, 0) is 7.05 Å². The normalized spacial score (nSPS) is 12.3. The Labute approximate surface area is 160 Å². The van der Waals surface area contributed by atoms with Gasteiger partial charge >= 0.3 is 0 Å². The third-order valence-electron chi connectivity index (χ3n) is 4.17. The molecule has 0 N–H and O–H groups in total. The molecule has 1 aromatic carbocycles. The standard InChI is InChI=1S/C19H18N6OS/c1-12-5-4-6-14(9-12)16(17-21-11-26-24-17)27-19-23-22-18(25(19)3)15-7-8-20-13(2)10-15/h4-11,16H,1-3H3. The quantitative estimate of drug-likeness (QED) is 0.489. The van der Waals surface area contributed by atoms with Gasteiger partial charge in [0.25, 0.3) is 0 Å². The summed E-state index contributed by atoms with van der Waals surface area (Å²) in [4.78, 5) is 8.50. The van der Waals surface area contributed by atoms with Gasteiger partial charge in [-0.3, -0.25) is 4.98 Å². The number of benzene rings is 1. The minimum absolute atomic E-state index is 0.140. The molecule has 7 nitrogen and oxygen atoms in total. The van der Waals surface area contributed by atoms with Crippen molar-refractivity contribution in [3.63, 3.8) is 0 Å². The molecular formula is C19H18N6OS. The highest BCUT2D eigenvalue weighted by molar-refractivity contribution is 7.99. The first-order valence-electron chi connectivity index (χ1n) is 8.44. The summed E-state index contributed by atoms with van der Waals surface area (Å²) in [5.41, 5.74) is 4.18. The van der Waals surface area contributed by atoms with Gasteiger partial charge in [-0.2, -0.15) is 4.98 Å². The summed E-state index contributed by atoms with van der Waals surface area (Å²) in [5, 5.41) is 13.4. The molecule has 136 valence electrons. The van der Waals surface area contributed by atoms with Crippen molar-refractivity contribution in [1.82, 2.24) is 29.9 Å². The fourth-order valence-electron chi connectivity index (χ4n) is 2.86. The van der Waals surface area contributed by atoms with E-state index in [1.807, 2.05) is 36.7 Å². The van der Waals surface area contributed by atoms with E-state index in [0.29, 0.717) is 5.82 Å². The SMILES string of the molecule is Cc1cccc(C(Sc2nnc(-c3ccnc(C)c3)n2C)c2ncon2)c1. The number of rotatable bonds is 5. The van der Waals surface area contributed by atoms with Crippen LogP contribution in [0.25, 0.3) is 11.4 Å². The largest absolute Gasteiger partial charge is 0.343 e. The second-order valence-electron chi connectivity index (χ2n) is 6.25. The highest BCUT2D eigenvalue weighted by atomic mass is 32.2. The van der Waals surface area contributed by atoms with Crippen molar-refractivity contribution in [3.05, 3.63) is 71.6 Å². The molecule has 0 fully saturated rings. The van der Waals surface area contributed by atoms with E-state index >= 15 is 0 Å². The smallest absolute Gasteiger partial charge is 0.213 e. The second kappa shape index (κ2) is 7.32. The molecule has 0 aliphatic carbocycles. The van der Waals surface area contributed by atoms with Crippen molar-refractivity contribution in [3.8, 4) is 11.4 Å². The van der Waals surface area contributed by atoms with Gasteiger partial charge in [0, 0.05) is 24.5 Å². The summed E-state index contributed by atoms with van der Waals surface area (Å²) in [6, 6.07) is 12.2. The molecule has 0 bridgehead atoms. The number of thioether (sulfide) groups is 1. The third kappa shape index (κ3) is 3.61. The zero-order valence-electron chi connectivity index (χ0n) is 15.2. The van der Waals surface area contributed by atoms with Gasteiger partial charge in [0.05, 0.1) is 0 Å². The van der Waals surface area contributed by atoms with Crippen molar-refractivity contribution in [2.75, 3.05) is 0 Å². The maximum Gasteiger partial charge on any atom is 0.213 e. The van der Waals surface area contributed by atoms with Crippen LogP contribution in [0.4, 0.5) is 0 Å². The number of nitrogens with zero attached hydrogens (tertiary/aromatic N) is 6. The maximum absolute atomic E-state index is 4.98. The highest BCUT2D eigenvalue weighted by Crippen LogP contribution is 2.39. The Hall–Kier alpha value is -3.00. The molecule has 0 saturated heterocycles. The number of hydrogen-bond acceptors (Lipinski definition) is 7. The molecule has 4 aromatic rings. The Morgan fingerprint density at radius 2 is 1.96 bits per heavy atom. The molecule has 0 amide bonds. The molecule has 0 aliphatic heterocycles. The minimum Gasteiger partial charge on any atom is -0.343 e. The number of hydrogen-bond donors (Lipinski definition) is 0. The van der Waals surface area contributed by atoms with E-state index in [2.05, 4.69) is 50.4 Å². The van der Waals surface area contributed by atoms with E-state index in [0.717, 1.165) is 27.8 Å². The van der Waals surface area contributed by atoms with E-state index in [1.54, 1.807) is 18.0 Å². The van der Waals surface area contributed by atoms with Gasteiger partial charge in [0.15, 0.2) is 16.8 Å². The van der Waals surface area contributed by atoms with E-state index in [9.17, 15) is 0 Å². The van der Waals surface area contributed by atoms with Crippen LogP contribution in [0.1, 0.15) is 27.9 Å². The summed E-state index contributed by atoms with van der Waals surface area (Å²) < 4.78 is 6.95. The van der Waals surface area contributed by atoms with Gasteiger partial charge in [0.1, 0.15) is 5.25 Å². The average Bonchev–Trinajstić information content (AvgIpc) is 3.30. The van der Waals surface area contributed by atoms with E-state index in [1.165, 1.54) is 12.0 Å². The van der Waals surface area contributed by atoms with Crippen LogP contribution >= 0.6 is 11.8 Å². The molecule has 27 heavy (non-hydrogen) atoms. The third-order valence-corrected chi connectivity index (χ3v) is 5.46. The summed E-state index contributed by atoms with van der Waals surface area (Å²) >= 11 is 1.54. The molecule has 1 unspecified atom stereocenters. The molecule has 1 atom stereocenters. The Morgan fingerprint density at radius 3 is 2.70 bits per heavy atom. The zero-order valence-corrected chi connectivity index (χ0v) is 16.0. The van der Waals surface area contributed by atoms with Gasteiger partial charge in [0.2, 0.25) is 6.39 Å². The summed E-state index contributed by atoms with van der Waals surface area (Å²) in [5.74, 6) is 1.40. The van der Waals surface area contributed by atoms with Crippen LogP contribution in [0, 0.1) is 13.8 Å². The number of pyridine rings is 1. The fourth-order valence-corrected chi connectivity index (χ4v) is 3.89. The van der Waals surface area contributed by atoms with Crippen molar-refractivity contribution < 1.29 is 4.52 Å². The minimum atomic E-state index is -0.140. The molecule has 3 heterocycles. The van der Waals surface area contributed by atoms with E-state index in [-0.39, 0.29) is 5.25 Å². The summed E-state index contributed by atoms with van der Waals surface area (Å²) in [7, 11) is 1.96. The Kier molecular flexibility index (Phi) is 4.72. The molecule has 8 heteroatoms. The van der Waals surface area contributed by atoms with Crippen LogP contribution in [0.15, 0.2) is 58.7 Å². The Balaban J connectivity index is 1.70. The predicted molar refractivity (Wildman–Crippen MR) is 102 cm³/mol. The number of aromatic nitrogens is 6. The van der Waals surface area contributed by atoms with Crippen LogP contribution in [-0.4, -0.2) is 29.9 Å². The Morgan fingerprint density at radius 1 is 1.07 bits per heavy atom. The lowest BCUT2D eigenvalue weighted by atomic mass is 10.1.